The highest BCUT2D eigenvalue weighted by atomic mass is 16.6. The van der Waals surface area contributed by atoms with Gasteiger partial charge in [0, 0.05) is 12.3 Å². The van der Waals surface area contributed by atoms with Gasteiger partial charge in [0.05, 0.1) is 0 Å². The van der Waals surface area contributed by atoms with Crippen LogP contribution in [0.25, 0.3) is 0 Å². The fraction of sp³-hybridized carbons (Fsp3) is 0.857. The van der Waals surface area contributed by atoms with Crippen LogP contribution in [-0.4, -0.2) is 24.7 Å². The quantitative estimate of drug-likeness (QED) is 0.0764. The molecule has 1 heterocycles. The normalized spacial score (nSPS) is 15.4. The van der Waals surface area contributed by atoms with E-state index >= 15 is 0 Å². The fourth-order valence-electron chi connectivity index (χ4n) is 5.66. The Morgan fingerprint density at radius 1 is 0.763 bits per heavy atom. The van der Waals surface area contributed by atoms with Gasteiger partial charge in [-0.05, 0) is 78.8 Å². The smallest absolute Gasteiger partial charge is 0.306 e. The molecule has 0 spiro atoms. The zero-order valence-corrected chi connectivity index (χ0v) is 26.1. The third-order valence-electron chi connectivity index (χ3n) is 8.36. The van der Waals surface area contributed by atoms with Crippen LogP contribution in [0, 0.1) is 5.92 Å². The van der Waals surface area contributed by atoms with Gasteiger partial charge in [0.2, 0.25) is 0 Å². The van der Waals surface area contributed by atoms with E-state index in [0.29, 0.717) is 12.3 Å². The standard InChI is InChI=1S/C35H65NO2/c1-5-6-7-8-9-10-11-12-13-16-19-22-25-32(2)26-23-20-17-14-15-18-21-24-27-34(37)38-35(3,4)33-28-30-36-31-29-33/h23,25-26,33,36H,5-22,24,27-31H2,1-4H3/b26-23-,32-25+. The van der Waals surface area contributed by atoms with Gasteiger partial charge in [-0.3, -0.25) is 4.79 Å². The number of rotatable bonds is 24. The van der Waals surface area contributed by atoms with E-state index in [2.05, 4.69) is 51.2 Å². The molecule has 0 atom stereocenters. The number of allylic oxidation sites excluding steroid dienone is 4. The lowest BCUT2D eigenvalue weighted by Crippen LogP contribution is -2.42. The second-order valence-corrected chi connectivity index (χ2v) is 12.4. The lowest BCUT2D eigenvalue weighted by atomic mass is 9.83. The van der Waals surface area contributed by atoms with E-state index < -0.39 is 0 Å². The van der Waals surface area contributed by atoms with E-state index in [9.17, 15) is 4.79 Å². The van der Waals surface area contributed by atoms with Gasteiger partial charge in [0.25, 0.3) is 0 Å². The molecule has 38 heavy (non-hydrogen) atoms. The van der Waals surface area contributed by atoms with Crippen LogP contribution in [0.4, 0.5) is 0 Å². The molecule has 0 unspecified atom stereocenters. The van der Waals surface area contributed by atoms with E-state index in [4.69, 9.17) is 4.74 Å². The molecule has 0 amide bonds. The van der Waals surface area contributed by atoms with Crippen LogP contribution in [0.3, 0.4) is 0 Å². The van der Waals surface area contributed by atoms with Gasteiger partial charge in [-0.1, -0.05) is 121 Å². The summed E-state index contributed by atoms with van der Waals surface area (Å²) < 4.78 is 5.86. The number of hydrogen-bond donors (Lipinski definition) is 1. The average molecular weight is 532 g/mol. The number of hydrogen-bond acceptors (Lipinski definition) is 3. The molecule has 1 rings (SSSR count). The summed E-state index contributed by atoms with van der Waals surface area (Å²) in [5, 5.41) is 3.39. The van der Waals surface area contributed by atoms with Crippen molar-refractivity contribution in [3.8, 4) is 0 Å². The second kappa shape index (κ2) is 23.8. The van der Waals surface area contributed by atoms with E-state index in [-0.39, 0.29) is 11.6 Å². The maximum absolute atomic E-state index is 12.3. The molecule has 0 aromatic carbocycles. The van der Waals surface area contributed by atoms with Crippen molar-refractivity contribution in [2.24, 2.45) is 5.92 Å². The minimum atomic E-state index is -0.326. The Bertz CT molecular complexity index is 615. The molecule has 222 valence electrons. The van der Waals surface area contributed by atoms with Crippen molar-refractivity contribution >= 4 is 5.97 Å². The average Bonchev–Trinajstić information content (AvgIpc) is 2.90. The van der Waals surface area contributed by atoms with Crippen molar-refractivity contribution in [3.05, 3.63) is 23.8 Å². The van der Waals surface area contributed by atoms with Gasteiger partial charge in [-0.2, -0.15) is 0 Å². The lowest BCUT2D eigenvalue weighted by molar-refractivity contribution is -0.162. The molecular weight excluding hydrogens is 466 g/mol. The summed E-state index contributed by atoms with van der Waals surface area (Å²) in [6.45, 7) is 10.8. The van der Waals surface area contributed by atoms with Crippen LogP contribution >= 0.6 is 0 Å². The highest BCUT2D eigenvalue weighted by molar-refractivity contribution is 5.69. The minimum Gasteiger partial charge on any atom is -0.459 e. The molecule has 3 heteroatoms. The monoisotopic (exact) mass is 532 g/mol. The topological polar surface area (TPSA) is 38.3 Å². The second-order valence-electron chi connectivity index (χ2n) is 12.4. The lowest BCUT2D eigenvalue weighted by Gasteiger charge is -2.36. The number of piperidine rings is 1. The predicted octanol–water partition coefficient (Wildman–Crippen LogP) is 10.6. The zero-order valence-electron chi connectivity index (χ0n) is 26.1. The zero-order chi connectivity index (χ0) is 27.7. The summed E-state index contributed by atoms with van der Waals surface area (Å²) in [7, 11) is 0. The molecule has 0 bridgehead atoms. The van der Waals surface area contributed by atoms with Crippen LogP contribution in [-0.2, 0) is 9.53 Å². The highest BCUT2D eigenvalue weighted by Gasteiger charge is 2.33. The largest absolute Gasteiger partial charge is 0.459 e. The summed E-state index contributed by atoms with van der Waals surface area (Å²) in [4.78, 5) is 12.3. The van der Waals surface area contributed by atoms with Crippen LogP contribution in [0.2, 0.25) is 0 Å². The minimum absolute atomic E-state index is 0.00871. The number of unbranched alkanes of at least 4 members (excludes halogenated alkanes) is 17. The van der Waals surface area contributed by atoms with Gasteiger partial charge in [-0.15, -0.1) is 0 Å². The molecule has 0 radical (unpaired) electrons. The molecular formula is C35H65NO2. The molecule has 1 saturated heterocycles. The molecule has 1 fully saturated rings. The van der Waals surface area contributed by atoms with E-state index in [1.807, 2.05) is 0 Å². The Hall–Kier alpha value is -1.09. The van der Waals surface area contributed by atoms with Crippen LogP contribution in [0.15, 0.2) is 23.8 Å². The Morgan fingerprint density at radius 3 is 1.84 bits per heavy atom. The van der Waals surface area contributed by atoms with E-state index in [1.54, 1.807) is 0 Å². The fourth-order valence-corrected chi connectivity index (χ4v) is 5.66. The van der Waals surface area contributed by atoms with Crippen LogP contribution in [0.1, 0.15) is 169 Å². The molecule has 1 aliphatic rings. The maximum Gasteiger partial charge on any atom is 0.306 e. The molecule has 0 saturated carbocycles. The van der Waals surface area contributed by atoms with Crippen molar-refractivity contribution in [1.29, 1.82) is 0 Å². The first-order chi connectivity index (χ1) is 18.5. The SMILES string of the molecule is CCCCCCCCCCCCC/C=C(C)/C=C\CCCCCCCCC(=O)OC(C)(C)C1CCNCC1. The van der Waals surface area contributed by atoms with Crippen molar-refractivity contribution in [2.75, 3.05) is 13.1 Å². The Balaban J connectivity index is 1.89. The summed E-state index contributed by atoms with van der Waals surface area (Å²) >= 11 is 0. The number of ether oxygens (including phenoxy) is 1. The summed E-state index contributed by atoms with van der Waals surface area (Å²) in [6.07, 6.45) is 35.0. The van der Waals surface area contributed by atoms with Crippen LogP contribution in [0.5, 0.6) is 0 Å². The Kier molecular flexibility index (Phi) is 21.9. The predicted molar refractivity (Wildman–Crippen MR) is 167 cm³/mol. The van der Waals surface area contributed by atoms with Crippen molar-refractivity contribution in [1.82, 2.24) is 5.32 Å². The van der Waals surface area contributed by atoms with E-state index in [1.165, 1.54) is 115 Å². The molecule has 0 aliphatic carbocycles. The molecule has 0 aromatic heterocycles. The first kappa shape index (κ1) is 34.9. The Morgan fingerprint density at radius 2 is 1.26 bits per heavy atom. The van der Waals surface area contributed by atoms with Gasteiger partial charge in [0.1, 0.15) is 5.60 Å². The molecule has 3 nitrogen and oxygen atoms in total. The van der Waals surface area contributed by atoms with Gasteiger partial charge in [0.15, 0.2) is 0 Å². The first-order valence-corrected chi connectivity index (χ1v) is 16.7. The summed E-state index contributed by atoms with van der Waals surface area (Å²) in [5.74, 6) is 0.473. The summed E-state index contributed by atoms with van der Waals surface area (Å²) in [5.41, 5.74) is 1.10. The molecule has 1 aliphatic heterocycles. The number of nitrogens with one attached hydrogen (secondary N) is 1. The van der Waals surface area contributed by atoms with Crippen LogP contribution < -0.4 is 5.32 Å². The summed E-state index contributed by atoms with van der Waals surface area (Å²) in [6, 6.07) is 0. The van der Waals surface area contributed by atoms with Gasteiger partial charge >= 0.3 is 5.97 Å². The molecule has 0 aromatic rings. The van der Waals surface area contributed by atoms with Crippen molar-refractivity contribution in [3.63, 3.8) is 0 Å². The third kappa shape index (κ3) is 19.9. The molecule has 1 N–H and O–H groups in total. The Labute approximate surface area is 238 Å². The van der Waals surface area contributed by atoms with Gasteiger partial charge in [-0.25, -0.2) is 0 Å². The number of esters is 1. The first-order valence-electron chi connectivity index (χ1n) is 16.7. The van der Waals surface area contributed by atoms with E-state index in [0.717, 1.165) is 38.8 Å². The number of carbonyl (C=O) groups is 1. The highest BCUT2D eigenvalue weighted by Crippen LogP contribution is 2.29. The van der Waals surface area contributed by atoms with Crippen molar-refractivity contribution in [2.45, 2.75) is 175 Å². The number of carbonyl (C=O) groups excluding carboxylic acids is 1. The maximum atomic E-state index is 12.3. The van der Waals surface area contributed by atoms with Gasteiger partial charge < -0.3 is 10.1 Å². The third-order valence-corrected chi connectivity index (χ3v) is 8.36. The van der Waals surface area contributed by atoms with Crippen molar-refractivity contribution < 1.29 is 9.53 Å².